The Balaban J connectivity index is 1.65. The van der Waals surface area contributed by atoms with Crippen LogP contribution in [0.4, 0.5) is 5.13 Å². The Labute approximate surface area is 184 Å². The molecule has 1 aliphatic heterocycles. The van der Waals surface area contributed by atoms with Crippen LogP contribution in [0.1, 0.15) is 25.3 Å². The summed E-state index contributed by atoms with van der Waals surface area (Å²) in [7, 11) is 1.53. The maximum atomic E-state index is 12.7. The standard InChI is InChI=1S/C21H24ClN3O4S/c1-3-29-17-12-14(11-16(22)19(17)28-2)6-7-18(26)25-9-4-5-15(13-25)20(27)24-21-23-8-10-30-21/h6-8,10-12,15H,3-5,9,13H2,1-2H3,(H,23,24,27). The van der Waals surface area contributed by atoms with E-state index in [0.29, 0.717) is 41.3 Å². The van der Waals surface area contributed by atoms with E-state index >= 15 is 0 Å². The fourth-order valence-electron chi connectivity index (χ4n) is 3.30. The van der Waals surface area contributed by atoms with Gasteiger partial charge in [-0.3, -0.25) is 9.59 Å². The Hall–Kier alpha value is -2.58. The molecule has 30 heavy (non-hydrogen) atoms. The summed E-state index contributed by atoms with van der Waals surface area (Å²) in [6.45, 7) is 3.35. The van der Waals surface area contributed by atoms with Crippen LogP contribution in [0.2, 0.25) is 5.02 Å². The number of benzene rings is 1. The van der Waals surface area contributed by atoms with Gasteiger partial charge in [0.05, 0.1) is 24.7 Å². The predicted molar refractivity (Wildman–Crippen MR) is 118 cm³/mol. The fourth-order valence-corrected chi connectivity index (χ4v) is 4.13. The fraction of sp³-hybridized carbons (Fsp3) is 0.381. The van der Waals surface area contributed by atoms with Crippen molar-refractivity contribution in [2.75, 3.05) is 32.1 Å². The molecule has 9 heteroatoms. The van der Waals surface area contributed by atoms with Gasteiger partial charge in [0.2, 0.25) is 11.8 Å². The molecule has 1 N–H and O–H groups in total. The Morgan fingerprint density at radius 3 is 2.97 bits per heavy atom. The summed E-state index contributed by atoms with van der Waals surface area (Å²) >= 11 is 7.64. The number of hydrogen-bond acceptors (Lipinski definition) is 6. The molecule has 0 aliphatic carbocycles. The van der Waals surface area contributed by atoms with Gasteiger partial charge < -0.3 is 19.7 Å². The molecule has 7 nitrogen and oxygen atoms in total. The smallest absolute Gasteiger partial charge is 0.246 e. The first-order chi connectivity index (χ1) is 14.5. The number of anilines is 1. The third-order valence-corrected chi connectivity index (χ3v) is 5.69. The first-order valence-electron chi connectivity index (χ1n) is 9.69. The van der Waals surface area contributed by atoms with Gasteiger partial charge in [-0.05, 0) is 43.5 Å². The van der Waals surface area contributed by atoms with Crippen LogP contribution in [0.15, 0.2) is 29.8 Å². The molecular weight excluding hydrogens is 426 g/mol. The second-order valence-corrected chi connectivity index (χ2v) is 8.05. The largest absolute Gasteiger partial charge is 0.491 e. The Morgan fingerprint density at radius 2 is 2.27 bits per heavy atom. The van der Waals surface area contributed by atoms with Crippen molar-refractivity contribution < 1.29 is 19.1 Å². The summed E-state index contributed by atoms with van der Waals surface area (Å²) in [6, 6.07) is 3.49. The highest BCUT2D eigenvalue weighted by atomic mass is 35.5. The van der Waals surface area contributed by atoms with E-state index in [1.165, 1.54) is 24.5 Å². The summed E-state index contributed by atoms with van der Waals surface area (Å²) < 4.78 is 10.8. The lowest BCUT2D eigenvalue weighted by Gasteiger charge is -2.31. The molecule has 0 radical (unpaired) electrons. The molecule has 3 rings (SSSR count). The van der Waals surface area contributed by atoms with Crippen LogP contribution < -0.4 is 14.8 Å². The van der Waals surface area contributed by atoms with Crippen LogP contribution in [-0.2, 0) is 9.59 Å². The molecule has 0 spiro atoms. The molecule has 1 aromatic heterocycles. The number of piperidine rings is 1. The number of aromatic nitrogens is 1. The maximum Gasteiger partial charge on any atom is 0.246 e. The molecule has 160 valence electrons. The average molecular weight is 450 g/mol. The zero-order valence-corrected chi connectivity index (χ0v) is 18.5. The van der Waals surface area contributed by atoms with E-state index in [-0.39, 0.29) is 17.7 Å². The number of rotatable bonds is 7. The van der Waals surface area contributed by atoms with Gasteiger partial charge in [0, 0.05) is 30.7 Å². The summed E-state index contributed by atoms with van der Waals surface area (Å²) in [5, 5.41) is 5.60. The summed E-state index contributed by atoms with van der Waals surface area (Å²) in [4.78, 5) is 30.9. The summed E-state index contributed by atoms with van der Waals surface area (Å²) in [5.74, 6) is 0.491. The van der Waals surface area contributed by atoms with Crippen molar-refractivity contribution in [3.63, 3.8) is 0 Å². The molecule has 1 aliphatic rings. The van der Waals surface area contributed by atoms with Crippen molar-refractivity contribution in [2.24, 2.45) is 5.92 Å². The van der Waals surface area contributed by atoms with Gasteiger partial charge >= 0.3 is 0 Å². The first kappa shape index (κ1) is 22.1. The number of ether oxygens (including phenoxy) is 2. The van der Waals surface area contributed by atoms with Gasteiger partial charge in [-0.1, -0.05) is 11.6 Å². The molecule has 2 amide bonds. The Morgan fingerprint density at radius 1 is 1.43 bits per heavy atom. The molecule has 1 saturated heterocycles. The average Bonchev–Trinajstić information content (AvgIpc) is 3.25. The van der Waals surface area contributed by atoms with Crippen molar-refractivity contribution in [1.29, 1.82) is 0 Å². The third-order valence-electron chi connectivity index (χ3n) is 4.72. The monoisotopic (exact) mass is 449 g/mol. The van der Waals surface area contributed by atoms with Gasteiger partial charge in [-0.15, -0.1) is 11.3 Å². The van der Waals surface area contributed by atoms with Crippen molar-refractivity contribution >= 4 is 46.0 Å². The Bertz CT molecular complexity index is 917. The highest BCUT2D eigenvalue weighted by Crippen LogP contribution is 2.36. The van der Waals surface area contributed by atoms with Crippen LogP contribution in [0.25, 0.3) is 6.08 Å². The maximum absolute atomic E-state index is 12.7. The highest BCUT2D eigenvalue weighted by Gasteiger charge is 2.28. The van der Waals surface area contributed by atoms with E-state index < -0.39 is 0 Å². The summed E-state index contributed by atoms with van der Waals surface area (Å²) in [6.07, 6.45) is 6.35. The van der Waals surface area contributed by atoms with Crippen LogP contribution in [0.5, 0.6) is 11.5 Å². The van der Waals surface area contributed by atoms with Crippen molar-refractivity contribution in [3.05, 3.63) is 40.4 Å². The minimum atomic E-state index is -0.250. The first-order valence-corrected chi connectivity index (χ1v) is 10.9. The molecule has 2 heterocycles. The van der Waals surface area contributed by atoms with Crippen LogP contribution in [0.3, 0.4) is 0 Å². The molecule has 1 unspecified atom stereocenters. The van der Waals surface area contributed by atoms with E-state index in [2.05, 4.69) is 10.3 Å². The number of nitrogens with zero attached hydrogens (tertiary/aromatic N) is 2. The van der Waals surface area contributed by atoms with E-state index in [1.54, 1.807) is 34.7 Å². The second-order valence-electron chi connectivity index (χ2n) is 6.75. The van der Waals surface area contributed by atoms with Gasteiger partial charge in [0.1, 0.15) is 0 Å². The molecule has 2 aromatic rings. The van der Waals surface area contributed by atoms with E-state index in [4.69, 9.17) is 21.1 Å². The molecular formula is C21H24ClN3O4S. The topological polar surface area (TPSA) is 80.8 Å². The molecule has 1 aromatic carbocycles. The third kappa shape index (κ3) is 5.52. The van der Waals surface area contributed by atoms with Gasteiger partial charge in [0.15, 0.2) is 16.6 Å². The lowest BCUT2D eigenvalue weighted by atomic mass is 9.97. The number of methoxy groups -OCH3 is 1. The van der Waals surface area contributed by atoms with Gasteiger partial charge in [-0.2, -0.15) is 0 Å². The zero-order chi connectivity index (χ0) is 21.5. The Kier molecular flexibility index (Phi) is 7.70. The quantitative estimate of drug-likeness (QED) is 0.644. The zero-order valence-electron chi connectivity index (χ0n) is 16.9. The number of amides is 2. The number of halogens is 1. The molecule has 0 saturated carbocycles. The van der Waals surface area contributed by atoms with Crippen molar-refractivity contribution in [1.82, 2.24) is 9.88 Å². The van der Waals surface area contributed by atoms with E-state index in [1.807, 2.05) is 6.92 Å². The van der Waals surface area contributed by atoms with Crippen molar-refractivity contribution in [3.8, 4) is 11.5 Å². The lowest BCUT2D eigenvalue weighted by molar-refractivity contribution is -0.130. The highest BCUT2D eigenvalue weighted by molar-refractivity contribution is 7.13. The number of carbonyl (C=O) groups is 2. The number of thiazole rings is 1. The van der Waals surface area contributed by atoms with E-state index in [0.717, 1.165) is 18.4 Å². The molecule has 1 fully saturated rings. The normalized spacial score (nSPS) is 16.5. The minimum Gasteiger partial charge on any atom is -0.491 e. The predicted octanol–water partition coefficient (Wildman–Crippen LogP) is 4.09. The SMILES string of the molecule is CCOc1cc(C=CC(=O)N2CCCC(C(=O)Nc3nccs3)C2)cc(Cl)c1OC. The second kappa shape index (κ2) is 10.4. The minimum absolute atomic E-state index is 0.102. The molecule has 1 atom stereocenters. The van der Waals surface area contributed by atoms with Crippen LogP contribution >= 0.6 is 22.9 Å². The number of carbonyl (C=O) groups excluding carboxylic acids is 2. The van der Waals surface area contributed by atoms with Crippen LogP contribution in [0, 0.1) is 5.92 Å². The van der Waals surface area contributed by atoms with Crippen LogP contribution in [-0.4, -0.2) is 48.5 Å². The number of likely N-dealkylation sites (tertiary alicyclic amines) is 1. The number of hydrogen-bond donors (Lipinski definition) is 1. The van der Waals surface area contributed by atoms with E-state index in [9.17, 15) is 9.59 Å². The lowest BCUT2D eigenvalue weighted by Crippen LogP contribution is -2.43. The summed E-state index contributed by atoms with van der Waals surface area (Å²) in [5.41, 5.74) is 0.729. The molecule has 0 bridgehead atoms. The number of nitrogens with one attached hydrogen (secondary N) is 1. The van der Waals surface area contributed by atoms with Gasteiger partial charge in [0.25, 0.3) is 0 Å². The van der Waals surface area contributed by atoms with Gasteiger partial charge in [-0.25, -0.2) is 4.98 Å². The van der Waals surface area contributed by atoms with Crippen molar-refractivity contribution in [2.45, 2.75) is 19.8 Å².